The minimum Gasteiger partial charge on any atom is -0.469 e. The average Bonchev–Trinajstić information content (AvgIpc) is 2.53. The highest BCUT2D eigenvalue weighted by Crippen LogP contribution is 2.27. The zero-order valence-electron chi connectivity index (χ0n) is 12.7. The third-order valence-corrected chi connectivity index (χ3v) is 3.65. The van der Waals surface area contributed by atoms with Gasteiger partial charge in [0.15, 0.2) is 5.78 Å². The molecule has 0 heterocycles. The summed E-state index contributed by atoms with van der Waals surface area (Å²) in [5.41, 5.74) is 2.25. The van der Waals surface area contributed by atoms with Crippen molar-refractivity contribution in [2.45, 2.75) is 19.8 Å². The van der Waals surface area contributed by atoms with Crippen LogP contribution in [0.2, 0.25) is 0 Å². The average molecular weight is 300 g/mol. The number of ketones is 1. The summed E-state index contributed by atoms with van der Waals surface area (Å²) in [6, 6.07) is 11.4. The number of benzene rings is 2. The van der Waals surface area contributed by atoms with Gasteiger partial charge in [-0.2, -0.15) is 0 Å². The van der Waals surface area contributed by atoms with Crippen LogP contribution in [0.1, 0.15) is 35.7 Å². The van der Waals surface area contributed by atoms with Crippen molar-refractivity contribution in [1.29, 1.82) is 0 Å². The molecule has 0 bridgehead atoms. The number of rotatable bonds is 4. The van der Waals surface area contributed by atoms with Crippen molar-refractivity contribution in [1.82, 2.24) is 0 Å². The summed E-state index contributed by atoms with van der Waals surface area (Å²) in [6.07, 6.45) is 0. The molecule has 0 aliphatic carbocycles. The van der Waals surface area contributed by atoms with Crippen LogP contribution >= 0.6 is 0 Å². The number of ether oxygens (including phenoxy) is 1. The summed E-state index contributed by atoms with van der Waals surface area (Å²) in [7, 11) is 1.31. The van der Waals surface area contributed by atoms with E-state index >= 15 is 0 Å². The van der Waals surface area contributed by atoms with Gasteiger partial charge in [0.2, 0.25) is 0 Å². The van der Waals surface area contributed by atoms with Crippen molar-refractivity contribution >= 4 is 11.8 Å². The molecular formula is C18H17FO3. The van der Waals surface area contributed by atoms with Gasteiger partial charge in [-0.15, -0.1) is 0 Å². The molecule has 0 spiro atoms. The highest BCUT2D eigenvalue weighted by molar-refractivity contribution is 5.94. The van der Waals surface area contributed by atoms with E-state index in [0.717, 1.165) is 0 Å². The van der Waals surface area contributed by atoms with E-state index in [9.17, 15) is 14.0 Å². The van der Waals surface area contributed by atoms with Gasteiger partial charge in [0.25, 0.3) is 0 Å². The maximum absolute atomic E-state index is 14.3. The maximum atomic E-state index is 14.3. The summed E-state index contributed by atoms with van der Waals surface area (Å²) in [4.78, 5) is 22.8. The molecule has 2 rings (SSSR count). The Kier molecular flexibility index (Phi) is 4.71. The maximum Gasteiger partial charge on any atom is 0.312 e. The number of methoxy groups -OCH3 is 1. The van der Waals surface area contributed by atoms with Gasteiger partial charge < -0.3 is 4.74 Å². The van der Waals surface area contributed by atoms with Crippen LogP contribution in [-0.4, -0.2) is 18.9 Å². The Balaban J connectivity index is 2.33. The van der Waals surface area contributed by atoms with Crippen LogP contribution in [0.3, 0.4) is 0 Å². The van der Waals surface area contributed by atoms with E-state index in [1.807, 2.05) is 0 Å². The Bertz CT molecular complexity index is 705. The summed E-state index contributed by atoms with van der Waals surface area (Å²) < 4.78 is 19.0. The normalized spacial score (nSPS) is 11.8. The van der Waals surface area contributed by atoms with Crippen LogP contribution in [0.4, 0.5) is 4.39 Å². The van der Waals surface area contributed by atoms with E-state index in [0.29, 0.717) is 22.3 Å². The van der Waals surface area contributed by atoms with Crippen LogP contribution < -0.4 is 0 Å². The molecule has 0 aliphatic rings. The first-order chi connectivity index (χ1) is 10.4. The third-order valence-electron chi connectivity index (χ3n) is 3.65. The van der Waals surface area contributed by atoms with E-state index < -0.39 is 17.7 Å². The summed E-state index contributed by atoms with van der Waals surface area (Å²) in [5, 5.41) is 0. The SMILES string of the molecule is COC(=O)C(C)c1ccc(-c2ccc(C(C)=O)cc2)c(F)c1. The summed E-state index contributed by atoms with van der Waals surface area (Å²) in [6.45, 7) is 3.15. The molecule has 22 heavy (non-hydrogen) atoms. The monoisotopic (exact) mass is 300 g/mol. The Labute approximate surface area is 128 Å². The lowest BCUT2D eigenvalue weighted by molar-refractivity contribution is -0.141. The van der Waals surface area contributed by atoms with Gasteiger partial charge in [0.1, 0.15) is 5.82 Å². The third kappa shape index (κ3) is 3.22. The number of halogens is 1. The predicted molar refractivity (Wildman–Crippen MR) is 82.3 cm³/mol. The molecule has 0 saturated heterocycles. The topological polar surface area (TPSA) is 43.4 Å². The first kappa shape index (κ1) is 15.9. The Morgan fingerprint density at radius 1 is 1.09 bits per heavy atom. The first-order valence-corrected chi connectivity index (χ1v) is 6.92. The van der Waals surface area contributed by atoms with Crippen molar-refractivity contribution in [3.63, 3.8) is 0 Å². The van der Waals surface area contributed by atoms with Gasteiger partial charge in [-0.1, -0.05) is 36.4 Å². The van der Waals surface area contributed by atoms with Gasteiger partial charge in [0, 0.05) is 11.1 Å². The van der Waals surface area contributed by atoms with Crippen LogP contribution in [0, 0.1) is 5.82 Å². The smallest absolute Gasteiger partial charge is 0.312 e. The Morgan fingerprint density at radius 3 is 2.23 bits per heavy atom. The standard InChI is InChI=1S/C18H17FO3/c1-11(18(21)22-3)15-8-9-16(17(19)10-15)14-6-4-13(5-7-14)12(2)20/h4-11H,1-3H3. The van der Waals surface area contributed by atoms with Gasteiger partial charge in [-0.25, -0.2) is 4.39 Å². The minimum atomic E-state index is -0.520. The lowest BCUT2D eigenvalue weighted by Crippen LogP contribution is -2.11. The van der Waals surface area contributed by atoms with Crippen LogP contribution in [0.15, 0.2) is 42.5 Å². The highest BCUT2D eigenvalue weighted by atomic mass is 19.1. The number of carbonyl (C=O) groups excluding carboxylic acids is 2. The number of hydrogen-bond acceptors (Lipinski definition) is 3. The molecule has 2 aromatic rings. The van der Waals surface area contributed by atoms with Crippen LogP contribution in [0.25, 0.3) is 11.1 Å². The Hall–Kier alpha value is -2.49. The zero-order chi connectivity index (χ0) is 16.3. The molecule has 4 heteroatoms. The van der Waals surface area contributed by atoms with E-state index in [2.05, 4.69) is 4.74 Å². The van der Waals surface area contributed by atoms with E-state index in [1.165, 1.54) is 20.1 Å². The molecule has 3 nitrogen and oxygen atoms in total. The molecule has 1 atom stereocenters. The molecule has 0 saturated carbocycles. The first-order valence-electron chi connectivity index (χ1n) is 6.92. The second-order valence-electron chi connectivity index (χ2n) is 5.12. The van der Waals surface area contributed by atoms with Crippen molar-refractivity contribution in [2.24, 2.45) is 0 Å². The molecule has 0 N–H and O–H groups in total. The van der Waals surface area contributed by atoms with Crippen molar-refractivity contribution in [3.05, 3.63) is 59.4 Å². The molecule has 2 aromatic carbocycles. The molecule has 0 radical (unpaired) electrons. The van der Waals surface area contributed by atoms with Crippen molar-refractivity contribution < 1.29 is 18.7 Å². The number of esters is 1. The molecule has 0 aliphatic heterocycles. The summed E-state index contributed by atoms with van der Waals surface area (Å²) in [5.74, 6) is -1.37. The fourth-order valence-electron chi connectivity index (χ4n) is 2.23. The van der Waals surface area contributed by atoms with E-state index in [4.69, 9.17) is 0 Å². The van der Waals surface area contributed by atoms with E-state index in [-0.39, 0.29) is 5.78 Å². The van der Waals surface area contributed by atoms with Gasteiger partial charge in [-0.3, -0.25) is 9.59 Å². The minimum absolute atomic E-state index is 0.0331. The molecule has 0 aromatic heterocycles. The lowest BCUT2D eigenvalue weighted by Gasteiger charge is -2.11. The lowest BCUT2D eigenvalue weighted by atomic mass is 9.96. The predicted octanol–water partition coefficient (Wildman–Crippen LogP) is 3.97. The molecule has 0 fully saturated rings. The molecular weight excluding hydrogens is 283 g/mol. The quantitative estimate of drug-likeness (QED) is 0.634. The van der Waals surface area contributed by atoms with Crippen molar-refractivity contribution in [3.8, 4) is 11.1 Å². The Morgan fingerprint density at radius 2 is 1.73 bits per heavy atom. The zero-order valence-corrected chi connectivity index (χ0v) is 12.7. The summed E-state index contributed by atoms with van der Waals surface area (Å²) >= 11 is 0. The van der Waals surface area contributed by atoms with E-state index in [1.54, 1.807) is 43.3 Å². The van der Waals surface area contributed by atoms with Gasteiger partial charge in [-0.05, 0) is 31.0 Å². The molecule has 0 amide bonds. The second kappa shape index (κ2) is 6.52. The van der Waals surface area contributed by atoms with Gasteiger partial charge in [0.05, 0.1) is 13.0 Å². The second-order valence-corrected chi connectivity index (χ2v) is 5.12. The number of carbonyl (C=O) groups is 2. The van der Waals surface area contributed by atoms with Crippen molar-refractivity contribution in [2.75, 3.05) is 7.11 Å². The van der Waals surface area contributed by atoms with Gasteiger partial charge >= 0.3 is 5.97 Å². The molecule has 1 unspecified atom stereocenters. The fraction of sp³-hybridized carbons (Fsp3) is 0.222. The number of hydrogen-bond donors (Lipinski definition) is 0. The highest BCUT2D eigenvalue weighted by Gasteiger charge is 2.17. The number of Topliss-reactive ketones (excluding diaryl/α,β-unsaturated/α-hetero) is 1. The van der Waals surface area contributed by atoms with Crippen LogP contribution in [0.5, 0.6) is 0 Å². The molecule has 114 valence electrons. The largest absolute Gasteiger partial charge is 0.469 e. The fourth-order valence-corrected chi connectivity index (χ4v) is 2.23. The van der Waals surface area contributed by atoms with Crippen LogP contribution in [-0.2, 0) is 9.53 Å².